The van der Waals surface area contributed by atoms with Gasteiger partial charge in [0.25, 0.3) is 0 Å². The fraction of sp³-hybridized carbons (Fsp3) is 0.625. The largest absolute Gasteiger partial charge is 0.496 e. The molecule has 3 heteroatoms. The molecule has 3 nitrogen and oxygen atoms in total. The number of benzene rings is 1. The summed E-state index contributed by atoms with van der Waals surface area (Å²) < 4.78 is 5.43. The Morgan fingerprint density at radius 1 is 1.32 bits per heavy atom. The predicted octanol–water partition coefficient (Wildman–Crippen LogP) is 2.58. The topological polar surface area (TPSA) is 24.5 Å². The highest BCUT2D eigenvalue weighted by Gasteiger charge is 2.17. The molecule has 1 N–H and O–H groups in total. The van der Waals surface area contributed by atoms with Crippen LogP contribution in [0.2, 0.25) is 0 Å². The second-order valence-electron chi connectivity index (χ2n) is 5.40. The van der Waals surface area contributed by atoms with Crippen LogP contribution in [0, 0.1) is 6.92 Å². The molecular formula is C16H26N2O. The van der Waals surface area contributed by atoms with Gasteiger partial charge >= 0.3 is 0 Å². The van der Waals surface area contributed by atoms with Crippen molar-refractivity contribution in [3.05, 3.63) is 29.3 Å². The fourth-order valence-corrected chi connectivity index (χ4v) is 2.75. The number of hydrogen-bond acceptors (Lipinski definition) is 3. The van der Waals surface area contributed by atoms with Crippen molar-refractivity contribution in [3.8, 4) is 5.75 Å². The number of nitrogens with one attached hydrogen (secondary N) is 1. The number of aryl methyl sites for hydroxylation is 1. The zero-order chi connectivity index (χ0) is 13.7. The maximum absolute atomic E-state index is 5.43. The highest BCUT2D eigenvalue weighted by atomic mass is 16.5. The first-order valence-corrected chi connectivity index (χ1v) is 7.32. The summed E-state index contributed by atoms with van der Waals surface area (Å²) in [6, 6.07) is 7.02. The van der Waals surface area contributed by atoms with Crippen molar-refractivity contribution in [1.82, 2.24) is 10.2 Å². The molecule has 0 unspecified atom stereocenters. The van der Waals surface area contributed by atoms with Crippen molar-refractivity contribution in [2.45, 2.75) is 39.3 Å². The molecule has 1 aliphatic rings. The molecule has 0 bridgehead atoms. The lowest BCUT2D eigenvalue weighted by molar-refractivity contribution is 0.205. The van der Waals surface area contributed by atoms with Crippen molar-refractivity contribution < 1.29 is 4.74 Å². The van der Waals surface area contributed by atoms with E-state index in [-0.39, 0.29) is 0 Å². The van der Waals surface area contributed by atoms with E-state index in [1.807, 2.05) is 0 Å². The lowest BCUT2D eigenvalue weighted by Crippen LogP contribution is -2.42. The van der Waals surface area contributed by atoms with Crippen molar-refractivity contribution in [2.24, 2.45) is 0 Å². The van der Waals surface area contributed by atoms with Gasteiger partial charge in [-0.05, 0) is 45.5 Å². The Balaban J connectivity index is 1.87. The van der Waals surface area contributed by atoms with E-state index < -0.39 is 0 Å². The average Bonchev–Trinajstić information content (AvgIpc) is 2.46. The zero-order valence-corrected chi connectivity index (χ0v) is 12.4. The third-order valence-corrected chi connectivity index (χ3v) is 4.05. The summed E-state index contributed by atoms with van der Waals surface area (Å²) >= 11 is 0. The molecule has 0 aliphatic carbocycles. The molecule has 2 rings (SSSR count). The van der Waals surface area contributed by atoms with Crippen LogP contribution in [0.25, 0.3) is 0 Å². The van der Waals surface area contributed by atoms with E-state index in [1.54, 1.807) is 7.11 Å². The van der Waals surface area contributed by atoms with Gasteiger partial charge in [0.05, 0.1) is 7.11 Å². The first-order chi connectivity index (χ1) is 9.22. The van der Waals surface area contributed by atoms with Gasteiger partial charge in [0.1, 0.15) is 5.75 Å². The van der Waals surface area contributed by atoms with Crippen LogP contribution in [-0.4, -0.2) is 37.7 Å². The first-order valence-electron chi connectivity index (χ1n) is 7.32. The van der Waals surface area contributed by atoms with Crippen molar-refractivity contribution in [3.63, 3.8) is 0 Å². The normalized spacial score (nSPS) is 17.6. The summed E-state index contributed by atoms with van der Waals surface area (Å²) in [6.45, 7) is 8.90. The molecule has 1 aromatic rings. The van der Waals surface area contributed by atoms with Gasteiger partial charge in [-0.25, -0.2) is 0 Å². The highest BCUT2D eigenvalue weighted by molar-refractivity contribution is 5.36. The van der Waals surface area contributed by atoms with E-state index in [1.165, 1.54) is 43.6 Å². The van der Waals surface area contributed by atoms with Crippen molar-refractivity contribution in [2.75, 3.05) is 26.7 Å². The smallest absolute Gasteiger partial charge is 0.123 e. The summed E-state index contributed by atoms with van der Waals surface area (Å²) in [5.41, 5.74) is 2.55. The van der Waals surface area contributed by atoms with Crippen LogP contribution in [-0.2, 0) is 6.54 Å². The molecular weight excluding hydrogens is 236 g/mol. The van der Waals surface area contributed by atoms with Gasteiger partial charge in [-0.2, -0.15) is 0 Å². The van der Waals surface area contributed by atoms with Crippen LogP contribution in [0.1, 0.15) is 30.9 Å². The minimum Gasteiger partial charge on any atom is -0.496 e. The summed E-state index contributed by atoms with van der Waals surface area (Å²) in [5, 5.41) is 3.68. The Bertz CT molecular complexity index is 398. The van der Waals surface area contributed by atoms with Gasteiger partial charge in [0.15, 0.2) is 0 Å². The maximum Gasteiger partial charge on any atom is 0.123 e. The van der Waals surface area contributed by atoms with Crippen LogP contribution >= 0.6 is 0 Å². The summed E-state index contributed by atoms with van der Waals surface area (Å²) in [6.07, 6.45) is 2.50. The molecule has 0 saturated carbocycles. The Labute approximate surface area is 116 Å². The lowest BCUT2D eigenvalue weighted by atomic mass is 10.0. The predicted molar refractivity (Wildman–Crippen MR) is 79.7 cm³/mol. The Morgan fingerprint density at radius 3 is 2.68 bits per heavy atom. The number of ether oxygens (including phenoxy) is 1. The molecule has 19 heavy (non-hydrogen) atoms. The van der Waals surface area contributed by atoms with E-state index in [9.17, 15) is 0 Å². The minimum absolute atomic E-state index is 0.646. The third kappa shape index (κ3) is 3.95. The fourth-order valence-electron chi connectivity index (χ4n) is 2.75. The summed E-state index contributed by atoms with van der Waals surface area (Å²) in [5.74, 6) is 0.990. The quantitative estimate of drug-likeness (QED) is 0.882. The number of hydrogen-bond donors (Lipinski definition) is 1. The lowest BCUT2D eigenvalue weighted by Gasteiger charge is -2.31. The van der Waals surface area contributed by atoms with Crippen LogP contribution in [0.3, 0.4) is 0 Å². The summed E-state index contributed by atoms with van der Waals surface area (Å²) in [7, 11) is 1.74. The highest BCUT2D eigenvalue weighted by Crippen LogP contribution is 2.20. The van der Waals surface area contributed by atoms with E-state index in [0.29, 0.717) is 6.04 Å². The molecule has 1 heterocycles. The standard InChI is InChI=1S/C16H26N2O/c1-4-18-9-7-15(8-10-18)17-12-14-11-13(2)5-6-16(14)19-3/h5-6,11,15,17H,4,7-10,12H2,1-3H3. The molecule has 0 amide bonds. The molecule has 1 aromatic carbocycles. The molecule has 106 valence electrons. The van der Waals surface area contributed by atoms with E-state index in [4.69, 9.17) is 4.74 Å². The molecule has 0 spiro atoms. The average molecular weight is 262 g/mol. The van der Waals surface area contributed by atoms with Crippen LogP contribution < -0.4 is 10.1 Å². The first kappa shape index (κ1) is 14.4. The van der Waals surface area contributed by atoms with Gasteiger partial charge in [-0.3, -0.25) is 0 Å². The van der Waals surface area contributed by atoms with Crippen molar-refractivity contribution >= 4 is 0 Å². The van der Waals surface area contributed by atoms with Gasteiger partial charge in [-0.1, -0.05) is 24.6 Å². The number of nitrogens with zero attached hydrogens (tertiary/aromatic N) is 1. The van der Waals surface area contributed by atoms with Crippen molar-refractivity contribution in [1.29, 1.82) is 0 Å². The Hall–Kier alpha value is -1.06. The molecule has 0 atom stereocenters. The SMILES string of the molecule is CCN1CCC(NCc2cc(C)ccc2OC)CC1. The molecule has 0 aromatic heterocycles. The van der Waals surface area contributed by atoms with E-state index in [0.717, 1.165) is 12.3 Å². The Morgan fingerprint density at radius 2 is 2.05 bits per heavy atom. The minimum atomic E-state index is 0.646. The second kappa shape index (κ2) is 6.92. The zero-order valence-electron chi connectivity index (χ0n) is 12.4. The van der Waals surface area contributed by atoms with Gasteiger partial charge in [0.2, 0.25) is 0 Å². The van der Waals surface area contributed by atoms with Gasteiger partial charge in [-0.15, -0.1) is 0 Å². The number of rotatable bonds is 5. The van der Waals surface area contributed by atoms with Crippen LogP contribution in [0.15, 0.2) is 18.2 Å². The van der Waals surface area contributed by atoms with Crippen LogP contribution in [0.5, 0.6) is 5.75 Å². The maximum atomic E-state index is 5.43. The Kier molecular flexibility index (Phi) is 5.23. The van der Waals surface area contributed by atoms with Gasteiger partial charge in [0, 0.05) is 18.2 Å². The molecule has 1 fully saturated rings. The molecule has 1 aliphatic heterocycles. The monoisotopic (exact) mass is 262 g/mol. The molecule has 0 radical (unpaired) electrons. The van der Waals surface area contributed by atoms with Gasteiger partial charge < -0.3 is 15.0 Å². The summed E-state index contributed by atoms with van der Waals surface area (Å²) in [4.78, 5) is 2.52. The third-order valence-electron chi connectivity index (χ3n) is 4.05. The number of methoxy groups -OCH3 is 1. The van der Waals surface area contributed by atoms with Crippen LogP contribution in [0.4, 0.5) is 0 Å². The molecule has 1 saturated heterocycles. The second-order valence-corrected chi connectivity index (χ2v) is 5.40. The number of likely N-dealkylation sites (tertiary alicyclic amines) is 1. The number of piperidine rings is 1. The van der Waals surface area contributed by atoms with E-state index in [2.05, 4.69) is 42.3 Å². The van der Waals surface area contributed by atoms with E-state index >= 15 is 0 Å².